The summed E-state index contributed by atoms with van der Waals surface area (Å²) in [5.74, 6) is 0. The van der Waals surface area contributed by atoms with Gasteiger partial charge in [0.1, 0.15) is 5.15 Å². The molecule has 0 aliphatic carbocycles. The second kappa shape index (κ2) is 7.10. The predicted molar refractivity (Wildman–Crippen MR) is 92.0 cm³/mol. The fourth-order valence-corrected chi connectivity index (χ4v) is 2.60. The Balaban J connectivity index is 1.88. The van der Waals surface area contributed by atoms with Crippen molar-refractivity contribution in [1.29, 1.82) is 0 Å². The first-order chi connectivity index (χ1) is 10.8. The zero-order valence-electron chi connectivity index (χ0n) is 12.2. The van der Waals surface area contributed by atoms with Crippen LogP contribution in [-0.2, 0) is 13.1 Å². The van der Waals surface area contributed by atoms with Gasteiger partial charge in [-0.15, -0.1) is 0 Å². The van der Waals surface area contributed by atoms with E-state index in [0.717, 1.165) is 18.7 Å². The summed E-state index contributed by atoms with van der Waals surface area (Å²) >= 11 is 6.22. The van der Waals surface area contributed by atoms with Crippen LogP contribution in [0.5, 0.6) is 0 Å². The number of halogens is 1. The molecule has 110 valence electrons. The van der Waals surface area contributed by atoms with Crippen molar-refractivity contribution in [1.82, 2.24) is 4.98 Å². The summed E-state index contributed by atoms with van der Waals surface area (Å²) < 4.78 is 0. The van der Waals surface area contributed by atoms with Crippen molar-refractivity contribution in [3.8, 4) is 0 Å². The van der Waals surface area contributed by atoms with Crippen molar-refractivity contribution in [3.63, 3.8) is 0 Å². The summed E-state index contributed by atoms with van der Waals surface area (Å²) in [5.41, 5.74) is 3.47. The third-order valence-corrected chi connectivity index (χ3v) is 3.88. The molecule has 0 amide bonds. The van der Waals surface area contributed by atoms with Gasteiger partial charge in [-0.25, -0.2) is 4.98 Å². The van der Waals surface area contributed by atoms with E-state index in [1.165, 1.54) is 11.3 Å². The summed E-state index contributed by atoms with van der Waals surface area (Å²) in [5, 5.41) is 0.566. The highest BCUT2D eigenvalue weighted by Crippen LogP contribution is 2.22. The van der Waals surface area contributed by atoms with Gasteiger partial charge in [0.15, 0.2) is 0 Å². The van der Waals surface area contributed by atoms with Gasteiger partial charge in [-0.2, -0.15) is 0 Å². The van der Waals surface area contributed by atoms with E-state index in [1.807, 2.05) is 24.3 Å². The van der Waals surface area contributed by atoms with Crippen LogP contribution in [0, 0.1) is 0 Å². The number of benzene rings is 2. The minimum atomic E-state index is 0.566. The van der Waals surface area contributed by atoms with Crippen LogP contribution in [0.2, 0.25) is 5.15 Å². The van der Waals surface area contributed by atoms with Gasteiger partial charge >= 0.3 is 0 Å². The molecule has 0 bridgehead atoms. The molecule has 0 aliphatic heterocycles. The monoisotopic (exact) mass is 308 g/mol. The average Bonchev–Trinajstić information content (AvgIpc) is 2.58. The average molecular weight is 309 g/mol. The lowest BCUT2D eigenvalue weighted by atomic mass is 10.1. The number of anilines is 1. The first-order valence-electron chi connectivity index (χ1n) is 7.26. The molecule has 2 nitrogen and oxygen atoms in total. The van der Waals surface area contributed by atoms with Gasteiger partial charge in [0.25, 0.3) is 0 Å². The number of hydrogen-bond donors (Lipinski definition) is 0. The highest BCUT2D eigenvalue weighted by molar-refractivity contribution is 6.30. The van der Waals surface area contributed by atoms with E-state index in [1.54, 1.807) is 6.20 Å². The Morgan fingerprint density at radius 1 is 0.773 bits per heavy atom. The molecule has 0 spiro atoms. The molecule has 3 aromatic rings. The van der Waals surface area contributed by atoms with Crippen LogP contribution < -0.4 is 4.90 Å². The predicted octanol–water partition coefficient (Wildman–Crippen LogP) is 4.94. The van der Waals surface area contributed by atoms with Crippen molar-refractivity contribution >= 4 is 17.3 Å². The van der Waals surface area contributed by atoms with Crippen molar-refractivity contribution in [2.45, 2.75) is 13.1 Å². The third-order valence-electron chi connectivity index (χ3n) is 3.54. The highest BCUT2D eigenvalue weighted by atomic mass is 35.5. The Kier molecular flexibility index (Phi) is 4.71. The van der Waals surface area contributed by atoms with Gasteiger partial charge in [0.2, 0.25) is 0 Å². The second-order valence-corrected chi connectivity index (χ2v) is 5.49. The standard InChI is InChI=1S/C19H17ClN2/c20-19-17(10-7-13-21-19)15-22(18-11-5-2-6-12-18)14-16-8-3-1-4-9-16/h1-13H,14-15H2. The van der Waals surface area contributed by atoms with E-state index in [0.29, 0.717) is 5.15 Å². The lowest BCUT2D eigenvalue weighted by Gasteiger charge is -2.25. The van der Waals surface area contributed by atoms with Crippen molar-refractivity contribution < 1.29 is 0 Å². The van der Waals surface area contributed by atoms with Gasteiger partial charge < -0.3 is 4.90 Å². The molecular formula is C19H17ClN2. The molecular weight excluding hydrogens is 292 g/mol. The van der Waals surface area contributed by atoms with Crippen LogP contribution >= 0.6 is 11.6 Å². The smallest absolute Gasteiger partial charge is 0.133 e. The molecule has 0 fully saturated rings. The Morgan fingerprint density at radius 3 is 2.14 bits per heavy atom. The maximum atomic E-state index is 6.22. The number of nitrogens with zero attached hydrogens (tertiary/aromatic N) is 2. The van der Waals surface area contributed by atoms with Crippen LogP contribution in [-0.4, -0.2) is 4.98 Å². The topological polar surface area (TPSA) is 16.1 Å². The van der Waals surface area contributed by atoms with Gasteiger partial charge in [-0.05, 0) is 23.8 Å². The van der Waals surface area contributed by atoms with E-state index in [4.69, 9.17) is 11.6 Å². The first-order valence-corrected chi connectivity index (χ1v) is 7.64. The minimum Gasteiger partial charge on any atom is -0.363 e. The van der Waals surface area contributed by atoms with Gasteiger partial charge in [0, 0.05) is 30.5 Å². The molecule has 1 heterocycles. The number of pyridine rings is 1. The van der Waals surface area contributed by atoms with Crippen LogP contribution in [0.4, 0.5) is 5.69 Å². The van der Waals surface area contributed by atoms with Crippen LogP contribution in [0.1, 0.15) is 11.1 Å². The molecule has 0 radical (unpaired) electrons. The van der Waals surface area contributed by atoms with E-state index in [-0.39, 0.29) is 0 Å². The fraction of sp³-hybridized carbons (Fsp3) is 0.105. The zero-order chi connectivity index (χ0) is 15.2. The van der Waals surface area contributed by atoms with E-state index in [9.17, 15) is 0 Å². The largest absolute Gasteiger partial charge is 0.363 e. The number of aromatic nitrogens is 1. The lowest BCUT2D eigenvalue weighted by Crippen LogP contribution is -2.22. The van der Waals surface area contributed by atoms with Gasteiger partial charge in [-0.3, -0.25) is 0 Å². The second-order valence-electron chi connectivity index (χ2n) is 5.13. The molecule has 22 heavy (non-hydrogen) atoms. The number of rotatable bonds is 5. The summed E-state index contributed by atoms with van der Waals surface area (Å²) in [6.07, 6.45) is 1.72. The molecule has 0 N–H and O–H groups in total. The SMILES string of the molecule is Clc1ncccc1CN(Cc1ccccc1)c1ccccc1. The van der Waals surface area contributed by atoms with Gasteiger partial charge in [-0.1, -0.05) is 66.2 Å². The Labute approximate surface area is 136 Å². The van der Waals surface area contributed by atoms with Crippen LogP contribution in [0.25, 0.3) is 0 Å². The number of para-hydroxylation sites is 1. The quantitative estimate of drug-likeness (QED) is 0.620. The molecule has 0 aliphatic rings. The summed E-state index contributed by atoms with van der Waals surface area (Å²) in [6.45, 7) is 1.56. The first kappa shape index (κ1) is 14.6. The minimum absolute atomic E-state index is 0.566. The normalized spacial score (nSPS) is 10.4. The van der Waals surface area contributed by atoms with E-state index < -0.39 is 0 Å². The fourth-order valence-electron chi connectivity index (χ4n) is 2.42. The summed E-state index contributed by atoms with van der Waals surface area (Å²) in [7, 11) is 0. The van der Waals surface area contributed by atoms with Crippen LogP contribution in [0.15, 0.2) is 79.0 Å². The Hall–Kier alpha value is -2.32. The van der Waals surface area contributed by atoms with Crippen molar-refractivity contribution in [3.05, 3.63) is 95.3 Å². The zero-order valence-corrected chi connectivity index (χ0v) is 12.9. The summed E-state index contributed by atoms with van der Waals surface area (Å²) in [4.78, 5) is 6.48. The van der Waals surface area contributed by atoms with Gasteiger partial charge in [0.05, 0.1) is 0 Å². The van der Waals surface area contributed by atoms with Crippen molar-refractivity contribution in [2.75, 3.05) is 4.90 Å². The molecule has 0 unspecified atom stereocenters. The maximum absolute atomic E-state index is 6.22. The lowest BCUT2D eigenvalue weighted by molar-refractivity contribution is 0.797. The third kappa shape index (κ3) is 3.66. The Morgan fingerprint density at radius 2 is 1.45 bits per heavy atom. The molecule has 3 heteroatoms. The van der Waals surface area contributed by atoms with E-state index in [2.05, 4.69) is 58.4 Å². The maximum Gasteiger partial charge on any atom is 0.133 e. The molecule has 3 rings (SSSR count). The Bertz CT molecular complexity index is 714. The highest BCUT2D eigenvalue weighted by Gasteiger charge is 2.10. The van der Waals surface area contributed by atoms with E-state index >= 15 is 0 Å². The van der Waals surface area contributed by atoms with Crippen molar-refractivity contribution in [2.24, 2.45) is 0 Å². The molecule has 2 aromatic carbocycles. The summed E-state index contributed by atoms with van der Waals surface area (Å²) in [6, 6.07) is 24.8. The molecule has 1 aromatic heterocycles. The number of hydrogen-bond acceptors (Lipinski definition) is 2. The molecule has 0 saturated carbocycles. The molecule has 0 saturated heterocycles. The van der Waals surface area contributed by atoms with Crippen LogP contribution in [0.3, 0.4) is 0 Å². The molecule has 0 atom stereocenters.